The van der Waals surface area contributed by atoms with Gasteiger partial charge in [0, 0.05) is 33.6 Å². The first-order valence-electron chi connectivity index (χ1n) is 12.9. The Morgan fingerprint density at radius 3 is 2.48 bits per heavy atom. The van der Waals surface area contributed by atoms with Crippen molar-refractivity contribution in [1.29, 1.82) is 0 Å². The number of hydrazone groups is 1. The van der Waals surface area contributed by atoms with Crippen LogP contribution in [-0.4, -0.2) is 21.7 Å². The van der Waals surface area contributed by atoms with Crippen molar-refractivity contribution >= 4 is 51.2 Å². The first-order valence-corrected chi connectivity index (χ1v) is 13.3. The van der Waals surface area contributed by atoms with Crippen molar-refractivity contribution in [2.24, 2.45) is 10.1 Å². The van der Waals surface area contributed by atoms with E-state index in [-0.39, 0.29) is 5.91 Å². The number of nitrogens with one attached hydrogen (secondary N) is 1. The molecule has 0 fully saturated rings. The van der Waals surface area contributed by atoms with Gasteiger partial charge >= 0.3 is 0 Å². The fourth-order valence-corrected chi connectivity index (χ4v) is 5.49. The molecule has 6 aromatic rings. The summed E-state index contributed by atoms with van der Waals surface area (Å²) in [6.45, 7) is 0.683. The standard InChI is InChI=1S/C33H22ClN5O/c34-27-15-7-4-13-24(27)30-32-26(23-12-6-9-17-29(23)39(32)20-21-10-2-1-3-11-21)18-22(36-30)19-35-38-31-25-14-5-8-16-28(25)37-33(31)40/h1-19H,20H2,(H,37,38,40). The molecule has 1 aliphatic rings. The van der Waals surface area contributed by atoms with Gasteiger partial charge in [-0.1, -0.05) is 96.5 Å². The van der Waals surface area contributed by atoms with Gasteiger partial charge in [0.05, 0.1) is 33.5 Å². The second-order valence-electron chi connectivity index (χ2n) is 9.54. The minimum absolute atomic E-state index is 0.345. The lowest BCUT2D eigenvalue weighted by Gasteiger charge is -2.13. The Hall–Kier alpha value is -5.07. The molecule has 0 radical (unpaired) electrons. The molecule has 0 aliphatic carbocycles. The molecule has 40 heavy (non-hydrogen) atoms. The van der Waals surface area contributed by atoms with Crippen LogP contribution in [0.5, 0.6) is 0 Å². The number of pyridine rings is 1. The maximum Gasteiger partial charge on any atom is 0.296 e. The Balaban J connectivity index is 1.41. The third kappa shape index (κ3) is 4.15. The number of rotatable bonds is 6. The monoisotopic (exact) mass is 539 g/mol. The topological polar surface area (TPSA) is 71.6 Å². The fourth-order valence-electron chi connectivity index (χ4n) is 5.27. The van der Waals surface area contributed by atoms with Crippen molar-refractivity contribution in [1.82, 2.24) is 15.0 Å². The third-order valence-electron chi connectivity index (χ3n) is 7.06. The van der Waals surface area contributed by atoms with E-state index in [1.54, 1.807) is 6.21 Å². The van der Waals surface area contributed by atoms with E-state index in [2.05, 4.69) is 62.6 Å². The molecule has 0 spiro atoms. The summed E-state index contributed by atoms with van der Waals surface area (Å²) in [5.74, 6) is -0.345. The Labute approximate surface area is 234 Å². The summed E-state index contributed by atoms with van der Waals surface area (Å²) in [5, 5.41) is 8.53. The summed E-state index contributed by atoms with van der Waals surface area (Å²) in [4.78, 5) is 21.6. The van der Waals surface area contributed by atoms with Gasteiger partial charge in [0.15, 0.2) is 0 Å². The molecule has 0 saturated carbocycles. The number of benzene rings is 4. The van der Waals surface area contributed by atoms with E-state index in [4.69, 9.17) is 16.6 Å². The lowest BCUT2D eigenvalue weighted by atomic mass is 10.1. The maximum absolute atomic E-state index is 12.5. The van der Waals surface area contributed by atoms with Gasteiger partial charge in [-0.2, -0.15) is 5.10 Å². The molecule has 2 aromatic heterocycles. The quantitative estimate of drug-likeness (QED) is 0.226. The molecular weight excluding hydrogens is 518 g/mol. The van der Waals surface area contributed by atoms with E-state index in [1.165, 1.54) is 5.56 Å². The van der Waals surface area contributed by atoms with E-state index in [9.17, 15) is 4.79 Å². The van der Waals surface area contributed by atoms with Crippen molar-refractivity contribution in [3.05, 3.63) is 136 Å². The van der Waals surface area contributed by atoms with Crippen LogP contribution in [0.2, 0.25) is 5.02 Å². The number of hydrogen-bond acceptors (Lipinski definition) is 4. The van der Waals surface area contributed by atoms with E-state index in [0.29, 0.717) is 28.3 Å². The summed E-state index contributed by atoms with van der Waals surface area (Å²) in [5.41, 5.74) is 8.77. The highest BCUT2D eigenvalue weighted by atomic mass is 35.5. The number of fused-ring (bicyclic) bond motifs is 4. The normalized spacial score (nSPS) is 12.8. The molecule has 0 saturated heterocycles. The molecule has 6 nitrogen and oxygen atoms in total. The van der Waals surface area contributed by atoms with Crippen molar-refractivity contribution in [2.75, 3.05) is 0 Å². The average Bonchev–Trinajstić information content (AvgIpc) is 3.47. The average molecular weight is 540 g/mol. The highest BCUT2D eigenvalue weighted by Crippen LogP contribution is 2.38. The van der Waals surface area contributed by atoms with Gasteiger partial charge in [-0.25, -0.2) is 9.98 Å². The number of carbonyl (C=O) groups excluding carboxylic acids is 1. The van der Waals surface area contributed by atoms with E-state index in [0.717, 1.165) is 38.3 Å². The second-order valence-corrected chi connectivity index (χ2v) is 9.95. The molecule has 0 unspecified atom stereocenters. The summed E-state index contributed by atoms with van der Waals surface area (Å²) < 4.78 is 2.30. The Morgan fingerprint density at radius 1 is 0.850 bits per heavy atom. The molecule has 1 N–H and O–H groups in total. The Bertz CT molecular complexity index is 2100. The molecule has 7 heteroatoms. The molecule has 1 aliphatic heterocycles. The lowest BCUT2D eigenvalue weighted by molar-refractivity contribution is -0.113. The van der Waals surface area contributed by atoms with Crippen LogP contribution in [0, 0.1) is 0 Å². The zero-order chi connectivity index (χ0) is 27.1. The smallest absolute Gasteiger partial charge is 0.296 e. The molecule has 4 aromatic carbocycles. The number of para-hydroxylation sites is 2. The van der Waals surface area contributed by atoms with Gasteiger partial charge in [-0.15, -0.1) is 0 Å². The van der Waals surface area contributed by atoms with Gasteiger partial charge in [-0.3, -0.25) is 10.2 Å². The van der Waals surface area contributed by atoms with Gasteiger partial charge in [0.1, 0.15) is 5.70 Å². The van der Waals surface area contributed by atoms with Gasteiger partial charge in [0.25, 0.3) is 5.91 Å². The highest BCUT2D eigenvalue weighted by Gasteiger charge is 2.20. The fraction of sp³-hybridized carbons (Fsp3) is 0.0303. The maximum atomic E-state index is 12.5. The van der Waals surface area contributed by atoms with Crippen LogP contribution < -0.4 is 16.0 Å². The number of hydrogen-bond donors (Lipinski definition) is 1. The number of nitrogens with zero attached hydrogens (tertiary/aromatic N) is 4. The molecule has 192 valence electrons. The lowest BCUT2D eigenvalue weighted by Crippen LogP contribution is -2.26. The Morgan fingerprint density at radius 2 is 1.60 bits per heavy atom. The molecule has 7 rings (SSSR count). The zero-order valence-electron chi connectivity index (χ0n) is 21.3. The van der Waals surface area contributed by atoms with Crippen LogP contribution >= 0.6 is 11.6 Å². The summed E-state index contributed by atoms with van der Waals surface area (Å²) in [6.07, 6.45) is 1.63. The molecule has 3 heterocycles. The number of aromatic nitrogens is 2. The minimum Gasteiger partial charge on any atom is -0.334 e. The van der Waals surface area contributed by atoms with Crippen LogP contribution in [0.25, 0.3) is 38.8 Å². The zero-order valence-corrected chi connectivity index (χ0v) is 22.0. The number of halogens is 1. The first-order chi connectivity index (χ1) is 19.7. The van der Waals surface area contributed by atoms with Gasteiger partial charge in [-0.05, 0) is 29.8 Å². The van der Waals surface area contributed by atoms with E-state index >= 15 is 0 Å². The summed E-state index contributed by atoms with van der Waals surface area (Å²) in [6, 6.07) is 35.9. The van der Waals surface area contributed by atoms with E-state index in [1.807, 2.05) is 66.7 Å². The van der Waals surface area contributed by atoms with Gasteiger partial charge in [0.2, 0.25) is 0 Å². The van der Waals surface area contributed by atoms with E-state index < -0.39 is 0 Å². The predicted octanol–water partition coefficient (Wildman–Crippen LogP) is 5.45. The molecule has 0 atom stereocenters. The molecule has 1 amide bonds. The SMILES string of the molecule is O=C1N=c2ccccc2=C1NN=Cc1cc2c3ccccc3n(Cc3ccccc3)c2c(-c2ccccc2Cl)n1. The largest absolute Gasteiger partial charge is 0.334 e. The van der Waals surface area contributed by atoms with Crippen molar-refractivity contribution in [2.45, 2.75) is 6.54 Å². The minimum atomic E-state index is -0.345. The summed E-state index contributed by atoms with van der Waals surface area (Å²) >= 11 is 6.73. The van der Waals surface area contributed by atoms with Crippen molar-refractivity contribution in [3.63, 3.8) is 0 Å². The number of amides is 1. The van der Waals surface area contributed by atoms with Gasteiger partial charge < -0.3 is 4.57 Å². The van der Waals surface area contributed by atoms with Crippen LogP contribution in [0.4, 0.5) is 0 Å². The first kappa shape index (κ1) is 24.0. The van der Waals surface area contributed by atoms with Crippen molar-refractivity contribution in [3.8, 4) is 11.3 Å². The third-order valence-corrected chi connectivity index (χ3v) is 7.39. The second kappa shape index (κ2) is 9.91. The molecular formula is C33H22ClN5O. The van der Waals surface area contributed by atoms with Crippen molar-refractivity contribution < 1.29 is 4.79 Å². The highest BCUT2D eigenvalue weighted by molar-refractivity contribution is 6.33. The van der Waals surface area contributed by atoms with Crippen LogP contribution in [0.3, 0.4) is 0 Å². The predicted molar refractivity (Wildman–Crippen MR) is 160 cm³/mol. The van der Waals surface area contributed by atoms with Crippen LogP contribution in [-0.2, 0) is 11.3 Å². The van der Waals surface area contributed by atoms with Crippen LogP contribution in [0.1, 0.15) is 11.3 Å². The molecule has 0 bridgehead atoms. The summed E-state index contributed by atoms with van der Waals surface area (Å²) in [7, 11) is 0. The number of carbonyl (C=O) groups is 1. The van der Waals surface area contributed by atoms with Crippen LogP contribution in [0.15, 0.2) is 119 Å². The Kier molecular flexibility index (Phi) is 5.95.